The van der Waals surface area contributed by atoms with Gasteiger partial charge in [-0.2, -0.15) is 0 Å². The SMILES string of the molecule is CCC(C)(CNC(=O)Nc1ccccc1OC)C(=O)O. The Hall–Kier alpha value is -2.24. The highest BCUT2D eigenvalue weighted by atomic mass is 16.5. The van der Waals surface area contributed by atoms with Gasteiger partial charge in [-0.15, -0.1) is 0 Å². The van der Waals surface area contributed by atoms with E-state index in [2.05, 4.69) is 10.6 Å². The monoisotopic (exact) mass is 280 g/mol. The number of carboxylic acids is 1. The molecule has 2 amide bonds. The quantitative estimate of drug-likeness (QED) is 0.746. The number of aliphatic carboxylic acids is 1. The zero-order chi connectivity index (χ0) is 15.2. The van der Waals surface area contributed by atoms with Crippen molar-refractivity contribution in [2.75, 3.05) is 19.0 Å². The van der Waals surface area contributed by atoms with Gasteiger partial charge in [0.15, 0.2) is 0 Å². The fraction of sp³-hybridized carbons (Fsp3) is 0.429. The van der Waals surface area contributed by atoms with Crippen LogP contribution in [0, 0.1) is 5.41 Å². The van der Waals surface area contributed by atoms with Crippen LogP contribution in [-0.4, -0.2) is 30.8 Å². The van der Waals surface area contributed by atoms with Gasteiger partial charge >= 0.3 is 12.0 Å². The highest BCUT2D eigenvalue weighted by Gasteiger charge is 2.31. The van der Waals surface area contributed by atoms with Crippen molar-refractivity contribution in [3.63, 3.8) is 0 Å². The van der Waals surface area contributed by atoms with Gasteiger partial charge in [0.05, 0.1) is 18.2 Å². The number of amides is 2. The summed E-state index contributed by atoms with van der Waals surface area (Å²) in [6, 6.07) is 6.53. The number of hydrogen-bond donors (Lipinski definition) is 3. The first kappa shape index (κ1) is 15.8. The minimum atomic E-state index is -0.974. The lowest BCUT2D eigenvalue weighted by Crippen LogP contribution is -2.42. The average molecular weight is 280 g/mol. The highest BCUT2D eigenvalue weighted by Crippen LogP contribution is 2.23. The van der Waals surface area contributed by atoms with Crippen LogP contribution >= 0.6 is 0 Å². The van der Waals surface area contributed by atoms with Gasteiger partial charge in [0.1, 0.15) is 5.75 Å². The Morgan fingerprint density at radius 3 is 2.55 bits per heavy atom. The highest BCUT2D eigenvalue weighted by molar-refractivity contribution is 5.91. The zero-order valence-electron chi connectivity index (χ0n) is 11.9. The molecule has 0 aromatic heterocycles. The van der Waals surface area contributed by atoms with Gasteiger partial charge in [-0.25, -0.2) is 4.79 Å². The van der Waals surface area contributed by atoms with E-state index >= 15 is 0 Å². The van der Waals surface area contributed by atoms with Crippen molar-refractivity contribution >= 4 is 17.7 Å². The third-order valence-corrected chi connectivity index (χ3v) is 3.29. The molecule has 0 aliphatic carbocycles. The van der Waals surface area contributed by atoms with Crippen LogP contribution < -0.4 is 15.4 Å². The van der Waals surface area contributed by atoms with Gasteiger partial charge in [0.2, 0.25) is 0 Å². The molecule has 1 aromatic rings. The maximum absolute atomic E-state index is 11.8. The van der Waals surface area contributed by atoms with Crippen LogP contribution in [0.25, 0.3) is 0 Å². The van der Waals surface area contributed by atoms with Gasteiger partial charge in [0.25, 0.3) is 0 Å². The van der Waals surface area contributed by atoms with Gasteiger partial charge in [-0.1, -0.05) is 19.1 Å². The number of carbonyl (C=O) groups excluding carboxylic acids is 1. The summed E-state index contributed by atoms with van der Waals surface area (Å²) in [5, 5.41) is 14.3. The maximum atomic E-state index is 11.8. The predicted molar refractivity (Wildman–Crippen MR) is 76.0 cm³/mol. The van der Waals surface area contributed by atoms with Gasteiger partial charge in [-0.05, 0) is 25.5 Å². The van der Waals surface area contributed by atoms with Crippen LogP contribution in [-0.2, 0) is 4.79 Å². The summed E-state index contributed by atoms with van der Waals surface area (Å²) in [4.78, 5) is 22.9. The second-order valence-electron chi connectivity index (χ2n) is 4.73. The molecule has 0 saturated carbocycles. The molecular weight excluding hydrogens is 260 g/mol. The number of carboxylic acid groups (broad SMARTS) is 1. The first-order valence-electron chi connectivity index (χ1n) is 6.34. The van der Waals surface area contributed by atoms with Gasteiger partial charge in [0, 0.05) is 6.54 Å². The van der Waals surface area contributed by atoms with E-state index in [4.69, 9.17) is 9.84 Å². The number of anilines is 1. The van der Waals surface area contributed by atoms with E-state index in [1.54, 1.807) is 38.1 Å². The van der Waals surface area contributed by atoms with Crippen molar-refractivity contribution < 1.29 is 19.4 Å². The average Bonchev–Trinajstić information content (AvgIpc) is 2.45. The summed E-state index contributed by atoms with van der Waals surface area (Å²) in [6.07, 6.45) is 0.428. The molecule has 0 fully saturated rings. The number of carbonyl (C=O) groups is 2. The molecule has 1 atom stereocenters. The Labute approximate surface area is 118 Å². The smallest absolute Gasteiger partial charge is 0.319 e. The van der Waals surface area contributed by atoms with E-state index in [0.717, 1.165) is 0 Å². The molecule has 110 valence electrons. The van der Waals surface area contributed by atoms with Crippen molar-refractivity contribution in [1.29, 1.82) is 0 Å². The summed E-state index contributed by atoms with van der Waals surface area (Å²) in [7, 11) is 1.51. The Morgan fingerprint density at radius 1 is 1.35 bits per heavy atom. The van der Waals surface area contributed by atoms with Crippen molar-refractivity contribution in [2.24, 2.45) is 5.41 Å². The number of rotatable bonds is 6. The zero-order valence-corrected chi connectivity index (χ0v) is 11.9. The third-order valence-electron chi connectivity index (χ3n) is 3.29. The lowest BCUT2D eigenvalue weighted by atomic mass is 9.88. The van der Waals surface area contributed by atoms with Crippen LogP contribution in [0.1, 0.15) is 20.3 Å². The topological polar surface area (TPSA) is 87.7 Å². The number of benzene rings is 1. The van der Waals surface area contributed by atoms with Gasteiger partial charge in [-0.3, -0.25) is 4.79 Å². The summed E-state index contributed by atoms with van der Waals surface area (Å²) in [6.45, 7) is 3.42. The Morgan fingerprint density at radius 2 is 2.00 bits per heavy atom. The van der Waals surface area contributed by atoms with Crippen molar-refractivity contribution in [1.82, 2.24) is 5.32 Å². The first-order chi connectivity index (χ1) is 9.42. The summed E-state index contributed by atoms with van der Waals surface area (Å²) < 4.78 is 5.11. The molecule has 6 nitrogen and oxygen atoms in total. The molecule has 1 aromatic carbocycles. The molecule has 0 saturated heterocycles. The second-order valence-corrected chi connectivity index (χ2v) is 4.73. The molecule has 0 heterocycles. The first-order valence-corrected chi connectivity index (χ1v) is 6.34. The van der Waals surface area contributed by atoms with Crippen molar-refractivity contribution in [3.8, 4) is 5.75 Å². The fourth-order valence-electron chi connectivity index (χ4n) is 1.54. The van der Waals surface area contributed by atoms with Crippen LogP contribution in [0.3, 0.4) is 0 Å². The van der Waals surface area contributed by atoms with Crippen LogP contribution in [0.15, 0.2) is 24.3 Å². The number of hydrogen-bond acceptors (Lipinski definition) is 3. The van der Waals surface area contributed by atoms with E-state index in [1.807, 2.05) is 0 Å². The van der Waals surface area contributed by atoms with E-state index < -0.39 is 17.4 Å². The van der Waals surface area contributed by atoms with Crippen LogP contribution in [0.5, 0.6) is 5.75 Å². The molecule has 20 heavy (non-hydrogen) atoms. The molecule has 0 aliphatic heterocycles. The minimum Gasteiger partial charge on any atom is -0.495 e. The third kappa shape index (κ3) is 3.88. The maximum Gasteiger partial charge on any atom is 0.319 e. The summed E-state index contributed by atoms with van der Waals surface area (Å²) in [5.41, 5.74) is -0.445. The molecular formula is C14H20N2O4. The van der Waals surface area contributed by atoms with E-state index in [1.165, 1.54) is 7.11 Å². The lowest BCUT2D eigenvalue weighted by Gasteiger charge is -2.23. The summed E-state index contributed by atoms with van der Waals surface area (Å²) in [5.74, 6) is -0.392. The van der Waals surface area contributed by atoms with Crippen LogP contribution in [0.4, 0.5) is 10.5 Å². The standard InChI is InChI=1S/C14H20N2O4/c1-4-14(2,12(17)18)9-15-13(19)16-10-7-5-6-8-11(10)20-3/h5-8H,4,9H2,1-3H3,(H,17,18)(H2,15,16,19). The number of para-hydroxylation sites is 2. The number of ether oxygens (including phenoxy) is 1. The molecule has 0 spiro atoms. The Kier molecular flexibility index (Phi) is 5.37. The normalized spacial score (nSPS) is 13.2. The number of methoxy groups -OCH3 is 1. The summed E-state index contributed by atoms with van der Waals surface area (Å²) >= 11 is 0. The molecule has 6 heteroatoms. The van der Waals surface area contributed by atoms with Gasteiger partial charge < -0.3 is 20.5 Å². The molecule has 0 aliphatic rings. The minimum absolute atomic E-state index is 0.0554. The Bertz CT molecular complexity index is 490. The predicted octanol–water partition coefficient (Wildman–Crippen LogP) is 2.32. The molecule has 1 rings (SSSR count). The molecule has 0 radical (unpaired) electrons. The second kappa shape index (κ2) is 6.79. The van der Waals surface area contributed by atoms with E-state index in [-0.39, 0.29) is 6.54 Å². The lowest BCUT2D eigenvalue weighted by molar-refractivity contribution is -0.147. The van der Waals surface area contributed by atoms with E-state index in [0.29, 0.717) is 17.9 Å². The largest absolute Gasteiger partial charge is 0.495 e. The number of urea groups is 1. The Balaban J connectivity index is 2.62. The van der Waals surface area contributed by atoms with Crippen LogP contribution in [0.2, 0.25) is 0 Å². The van der Waals surface area contributed by atoms with Crippen molar-refractivity contribution in [2.45, 2.75) is 20.3 Å². The number of nitrogens with one attached hydrogen (secondary N) is 2. The molecule has 3 N–H and O–H groups in total. The molecule has 0 bridgehead atoms. The fourth-order valence-corrected chi connectivity index (χ4v) is 1.54. The van der Waals surface area contributed by atoms with E-state index in [9.17, 15) is 9.59 Å². The molecule has 1 unspecified atom stereocenters. The van der Waals surface area contributed by atoms with Crippen molar-refractivity contribution in [3.05, 3.63) is 24.3 Å².